The summed E-state index contributed by atoms with van der Waals surface area (Å²) in [5.74, 6) is -0.333. The maximum absolute atomic E-state index is 12.5. The van der Waals surface area contributed by atoms with Gasteiger partial charge < -0.3 is 9.88 Å². The van der Waals surface area contributed by atoms with Gasteiger partial charge in [0.15, 0.2) is 4.34 Å². The number of benzene rings is 2. The van der Waals surface area contributed by atoms with Crippen LogP contribution >= 0.6 is 23.1 Å². The molecule has 0 radical (unpaired) electrons. The summed E-state index contributed by atoms with van der Waals surface area (Å²) < 4.78 is 2.77. The summed E-state index contributed by atoms with van der Waals surface area (Å²) in [5, 5.41) is 16.3. The molecule has 10 heteroatoms. The minimum Gasteiger partial charge on any atom is -0.352 e. The first-order valence-electron chi connectivity index (χ1n) is 9.58. The summed E-state index contributed by atoms with van der Waals surface area (Å²) in [6.07, 6.45) is 2.50. The number of carbonyl (C=O) groups excluding carboxylic acids is 1. The van der Waals surface area contributed by atoms with Crippen molar-refractivity contribution in [2.24, 2.45) is 0 Å². The highest BCUT2D eigenvalue weighted by Crippen LogP contribution is 2.36. The van der Waals surface area contributed by atoms with Crippen LogP contribution in [0, 0.1) is 17.0 Å². The van der Waals surface area contributed by atoms with Crippen molar-refractivity contribution in [3.05, 3.63) is 75.5 Å². The summed E-state index contributed by atoms with van der Waals surface area (Å²) >= 11 is 2.66. The SMILES string of the molecule is Cc1csc(Sc2ccc(C(=O)NCCCn3cnc4ccccc43)cc2[N+](=O)[O-])n1. The van der Waals surface area contributed by atoms with Gasteiger partial charge >= 0.3 is 0 Å². The maximum Gasteiger partial charge on any atom is 0.284 e. The number of fused-ring (bicyclic) bond motifs is 1. The lowest BCUT2D eigenvalue weighted by molar-refractivity contribution is -0.387. The van der Waals surface area contributed by atoms with E-state index in [2.05, 4.69) is 15.3 Å². The first kappa shape index (κ1) is 21.0. The lowest BCUT2D eigenvalue weighted by Crippen LogP contribution is -2.25. The minimum absolute atomic E-state index is 0.101. The average molecular weight is 454 g/mol. The van der Waals surface area contributed by atoms with Gasteiger partial charge in [-0.05, 0) is 37.6 Å². The molecule has 4 rings (SSSR count). The van der Waals surface area contributed by atoms with Crippen molar-refractivity contribution >= 4 is 45.7 Å². The summed E-state index contributed by atoms with van der Waals surface area (Å²) in [6, 6.07) is 12.4. The van der Waals surface area contributed by atoms with Crippen LogP contribution in [0.1, 0.15) is 22.5 Å². The predicted octanol–water partition coefficient (Wildman–Crippen LogP) is 4.68. The van der Waals surface area contributed by atoms with E-state index in [1.807, 2.05) is 41.1 Å². The van der Waals surface area contributed by atoms with Crippen molar-refractivity contribution in [1.29, 1.82) is 0 Å². The van der Waals surface area contributed by atoms with E-state index in [0.717, 1.165) is 21.1 Å². The number of nitrogens with one attached hydrogen (secondary N) is 1. The van der Waals surface area contributed by atoms with Gasteiger partial charge in [0.25, 0.3) is 11.6 Å². The van der Waals surface area contributed by atoms with Gasteiger partial charge in [0, 0.05) is 35.8 Å². The molecule has 158 valence electrons. The van der Waals surface area contributed by atoms with E-state index in [0.29, 0.717) is 24.4 Å². The highest BCUT2D eigenvalue weighted by atomic mass is 32.2. The molecule has 2 heterocycles. The second-order valence-electron chi connectivity index (χ2n) is 6.83. The van der Waals surface area contributed by atoms with Crippen molar-refractivity contribution in [3.8, 4) is 0 Å². The highest BCUT2D eigenvalue weighted by Gasteiger charge is 2.19. The minimum atomic E-state index is -0.469. The first-order valence-corrected chi connectivity index (χ1v) is 11.3. The molecule has 31 heavy (non-hydrogen) atoms. The number of aromatic nitrogens is 3. The molecule has 1 N–H and O–H groups in total. The van der Waals surface area contributed by atoms with Gasteiger partial charge in [-0.1, -0.05) is 23.9 Å². The van der Waals surface area contributed by atoms with Crippen LogP contribution in [0.2, 0.25) is 0 Å². The van der Waals surface area contributed by atoms with Crippen LogP contribution in [0.3, 0.4) is 0 Å². The Bertz CT molecular complexity index is 1250. The number of thiazole rings is 1. The first-order chi connectivity index (χ1) is 15.0. The number of hydrogen-bond donors (Lipinski definition) is 1. The van der Waals surface area contributed by atoms with E-state index >= 15 is 0 Å². The molecule has 2 aromatic heterocycles. The van der Waals surface area contributed by atoms with Crippen molar-refractivity contribution in [2.75, 3.05) is 6.54 Å². The van der Waals surface area contributed by atoms with Crippen LogP contribution in [-0.4, -0.2) is 31.9 Å². The standard InChI is InChI=1S/C21H19N5O3S2/c1-14-12-30-21(24-14)31-19-8-7-15(11-18(19)26(28)29)20(27)22-9-4-10-25-13-23-16-5-2-3-6-17(16)25/h2-3,5-8,11-13H,4,9-10H2,1H3,(H,22,27). The Morgan fingerprint density at radius 1 is 1.29 bits per heavy atom. The van der Waals surface area contributed by atoms with Crippen LogP contribution < -0.4 is 5.32 Å². The van der Waals surface area contributed by atoms with Crippen molar-refractivity contribution in [2.45, 2.75) is 29.1 Å². The number of amides is 1. The number of imidazole rings is 1. The molecule has 0 bridgehead atoms. The second kappa shape index (κ2) is 9.27. The third-order valence-electron chi connectivity index (χ3n) is 4.60. The number of para-hydroxylation sites is 2. The van der Waals surface area contributed by atoms with Gasteiger partial charge in [-0.15, -0.1) is 11.3 Å². The Labute approximate surface area is 186 Å². The monoisotopic (exact) mass is 453 g/mol. The molecule has 0 unspecified atom stereocenters. The Morgan fingerprint density at radius 2 is 2.13 bits per heavy atom. The molecule has 0 aliphatic heterocycles. The summed E-state index contributed by atoms with van der Waals surface area (Å²) in [6.45, 7) is 3.04. The zero-order chi connectivity index (χ0) is 21.8. The van der Waals surface area contributed by atoms with E-state index in [4.69, 9.17) is 0 Å². The van der Waals surface area contributed by atoms with E-state index in [1.165, 1.54) is 29.2 Å². The molecular formula is C21H19N5O3S2. The fraction of sp³-hybridized carbons (Fsp3) is 0.190. The van der Waals surface area contributed by atoms with Crippen LogP contribution in [-0.2, 0) is 6.54 Å². The Morgan fingerprint density at radius 3 is 2.90 bits per heavy atom. The second-order valence-corrected chi connectivity index (χ2v) is 8.98. The van der Waals surface area contributed by atoms with Crippen molar-refractivity contribution < 1.29 is 9.72 Å². The zero-order valence-electron chi connectivity index (χ0n) is 16.6. The molecule has 0 fully saturated rings. The van der Waals surface area contributed by atoms with Crippen LogP contribution in [0.15, 0.2) is 63.4 Å². The number of nitro benzene ring substituents is 1. The van der Waals surface area contributed by atoms with E-state index < -0.39 is 4.92 Å². The molecule has 8 nitrogen and oxygen atoms in total. The quantitative estimate of drug-likeness (QED) is 0.236. The lowest BCUT2D eigenvalue weighted by Gasteiger charge is -2.08. The van der Waals surface area contributed by atoms with Gasteiger partial charge in [0.1, 0.15) is 0 Å². The van der Waals surface area contributed by atoms with Crippen LogP contribution in [0.5, 0.6) is 0 Å². The van der Waals surface area contributed by atoms with Crippen LogP contribution in [0.25, 0.3) is 11.0 Å². The number of nitrogens with zero attached hydrogens (tertiary/aromatic N) is 4. The third kappa shape index (κ3) is 4.92. The normalized spacial score (nSPS) is 11.0. The number of aryl methyl sites for hydroxylation is 2. The molecule has 0 saturated heterocycles. The van der Waals surface area contributed by atoms with Gasteiger partial charge in [-0.25, -0.2) is 9.97 Å². The molecular weight excluding hydrogens is 434 g/mol. The predicted molar refractivity (Wildman–Crippen MR) is 121 cm³/mol. The highest BCUT2D eigenvalue weighted by molar-refractivity contribution is 8.01. The van der Waals surface area contributed by atoms with Crippen molar-refractivity contribution in [3.63, 3.8) is 0 Å². The smallest absolute Gasteiger partial charge is 0.284 e. The average Bonchev–Trinajstić information content (AvgIpc) is 3.37. The molecule has 0 aliphatic rings. The Hall–Kier alpha value is -3.24. The number of hydrogen-bond acceptors (Lipinski definition) is 7. The van der Waals surface area contributed by atoms with E-state index in [-0.39, 0.29) is 17.2 Å². The molecule has 0 spiro atoms. The largest absolute Gasteiger partial charge is 0.352 e. The Kier molecular flexibility index (Phi) is 6.28. The van der Waals surface area contributed by atoms with Gasteiger partial charge in [0.05, 0.1) is 27.2 Å². The fourth-order valence-corrected chi connectivity index (χ4v) is 4.98. The number of nitro groups is 1. The summed E-state index contributed by atoms with van der Waals surface area (Å²) in [4.78, 5) is 32.7. The molecule has 4 aromatic rings. The third-order valence-corrected chi connectivity index (χ3v) is 6.72. The van der Waals surface area contributed by atoms with Gasteiger partial charge in [0.2, 0.25) is 0 Å². The zero-order valence-corrected chi connectivity index (χ0v) is 18.3. The molecule has 0 atom stereocenters. The molecule has 0 saturated carbocycles. The van der Waals surface area contributed by atoms with E-state index in [1.54, 1.807) is 18.5 Å². The Balaban J connectivity index is 1.37. The van der Waals surface area contributed by atoms with Crippen LogP contribution in [0.4, 0.5) is 5.69 Å². The number of rotatable bonds is 8. The fourth-order valence-electron chi connectivity index (χ4n) is 3.10. The maximum atomic E-state index is 12.5. The van der Waals surface area contributed by atoms with E-state index in [9.17, 15) is 14.9 Å². The topological polar surface area (TPSA) is 103 Å². The molecule has 0 aliphatic carbocycles. The molecule has 2 aromatic carbocycles. The number of carbonyl (C=O) groups is 1. The molecule has 1 amide bonds. The summed E-state index contributed by atoms with van der Waals surface area (Å²) in [5.41, 5.74) is 3.02. The summed E-state index contributed by atoms with van der Waals surface area (Å²) in [7, 11) is 0. The van der Waals surface area contributed by atoms with Crippen molar-refractivity contribution in [1.82, 2.24) is 19.9 Å². The van der Waals surface area contributed by atoms with Gasteiger partial charge in [-0.2, -0.15) is 0 Å². The van der Waals surface area contributed by atoms with Gasteiger partial charge in [-0.3, -0.25) is 14.9 Å². The lowest BCUT2D eigenvalue weighted by atomic mass is 10.2.